The van der Waals surface area contributed by atoms with Crippen molar-refractivity contribution in [3.63, 3.8) is 0 Å². The van der Waals surface area contributed by atoms with E-state index in [4.69, 9.17) is 27.4 Å². The van der Waals surface area contributed by atoms with Gasteiger partial charge in [0, 0.05) is 17.7 Å². The Labute approximate surface area is 124 Å². The molecule has 1 rings (SSSR count). The van der Waals surface area contributed by atoms with Crippen LogP contribution in [0, 0.1) is 0 Å². The largest absolute Gasteiger partial charge is 0.496 e. The lowest BCUT2D eigenvalue weighted by Crippen LogP contribution is -2.27. The molecule has 0 saturated heterocycles. The van der Waals surface area contributed by atoms with Crippen LogP contribution in [0.4, 0.5) is 10.5 Å². The molecule has 0 aliphatic heterocycles. The second-order valence-electron chi connectivity index (χ2n) is 5.30. The summed E-state index contributed by atoms with van der Waals surface area (Å²) in [5.41, 5.74) is 6.42. The highest BCUT2D eigenvalue weighted by atomic mass is 32.1. The molecular weight excluding hydrogens is 276 g/mol. The van der Waals surface area contributed by atoms with E-state index < -0.39 is 11.7 Å². The molecule has 0 aromatic heterocycles. The van der Waals surface area contributed by atoms with Gasteiger partial charge in [-0.1, -0.05) is 12.2 Å². The van der Waals surface area contributed by atoms with E-state index in [2.05, 4.69) is 5.32 Å². The number of thiocarbonyl (C=S) groups is 1. The molecule has 0 spiro atoms. The number of nitrogens with one attached hydrogen (secondary N) is 1. The Morgan fingerprint density at radius 2 is 2.05 bits per heavy atom. The van der Waals surface area contributed by atoms with E-state index >= 15 is 0 Å². The van der Waals surface area contributed by atoms with Gasteiger partial charge in [0.15, 0.2) is 0 Å². The molecule has 0 radical (unpaired) electrons. The highest BCUT2D eigenvalue weighted by Gasteiger charge is 2.16. The molecule has 0 aliphatic carbocycles. The first-order chi connectivity index (χ1) is 9.21. The SMILES string of the molecule is COc1ccc(NC(=O)OC(C)(C)C)cc1CC(N)=S. The Kier molecular flexibility index (Phi) is 5.33. The zero-order valence-corrected chi connectivity index (χ0v) is 13.0. The molecule has 0 aliphatic rings. The van der Waals surface area contributed by atoms with E-state index in [-0.39, 0.29) is 0 Å². The van der Waals surface area contributed by atoms with Crippen LogP contribution in [0.3, 0.4) is 0 Å². The third kappa shape index (κ3) is 5.44. The van der Waals surface area contributed by atoms with Crippen LogP contribution in [0.5, 0.6) is 5.75 Å². The lowest BCUT2D eigenvalue weighted by atomic mass is 10.1. The number of benzene rings is 1. The van der Waals surface area contributed by atoms with Crippen molar-refractivity contribution in [2.24, 2.45) is 5.73 Å². The van der Waals surface area contributed by atoms with Crippen LogP contribution in [0.1, 0.15) is 26.3 Å². The zero-order valence-electron chi connectivity index (χ0n) is 12.1. The highest BCUT2D eigenvalue weighted by molar-refractivity contribution is 7.80. The number of carbonyl (C=O) groups is 1. The first-order valence-electron chi connectivity index (χ1n) is 6.16. The molecule has 0 heterocycles. The summed E-state index contributed by atoms with van der Waals surface area (Å²) in [6.45, 7) is 5.41. The maximum Gasteiger partial charge on any atom is 0.412 e. The number of carbonyl (C=O) groups excluding carboxylic acids is 1. The Morgan fingerprint density at radius 3 is 2.55 bits per heavy atom. The number of hydrogen-bond donors (Lipinski definition) is 2. The Bertz CT molecular complexity index is 510. The van der Waals surface area contributed by atoms with E-state index in [1.807, 2.05) is 0 Å². The van der Waals surface area contributed by atoms with Gasteiger partial charge in [0.2, 0.25) is 0 Å². The lowest BCUT2D eigenvalue weighted by molar-refractivity contribution is 0.0636. The van der Waals surface area contributed by atoms with Crippen molar-refractivity contribution in [1.82, 2.24) is 0 Å². The minimum absolute atomic E-state index is 0.359. The average Bonchev–Trinajstić information content (AvgIpc) is 2.25. The minimum atomic E-state index is -0.543. The average molecular weight is 296 g/mol. The quantitative estimate of drug-likeness (QED) is 0.836. The molecule has 6 heteroatoms. The van der Waals surface area contributed by atoms with Crippen molar-refractivity contribution in [3.8, 4) is 5.75 Å². The fourth-order valence-electron chi connectivity index (χ4n) is 1.60. The molecule has 1 amide bonds. The van der Waals surface area contributed by atoms with Crippen LogP contribution in [0.2, 0.25) is 0 Å². The lowest BCUT2D eigenvalue weighted by Gasteiger charge is -2.20. The van der Waals surface area contributed by atoms with Crippen LogP contribution < -0.4 is 15.8 Å². The number of amides is 1. The fourth-order valence-corrected chi connectivity index (χ4v) is 1.76. The van der Waals surface area contributed by atoms with Crippen LogP contribution in [0.15, 0.2) is 18.2 Å². The van der Waals surface area contributed by atoms with Crippen molar-refractivity contribution in [1.29, 1.82) is 0 Å². The Balaban J connectivity index is 2.86. The van der Waals surface area contributed by atoms with Gasteiger partial charge in [-0.15, -0.1) is 0 Å². The number of anilines is 1. The van der Waals surface area contributed by atoms with Gasteiger partial charge in [-0.2, -0.15) is 0 Å². The molecule has 0 unspecified atom stereocenters. The van der Waals surface area contributed by atoms with Crippen molar-refractivity contribution >= 4 is 29.0 Å². The van der Waals surface area contributed by atoms with Gasteiger partial charge in [-0.25, -0.2) is 4.79 Å². The molecule has 1 aromatic rings. The van der Waals surface area contributed by atoms with E-state index in [9.17, 15) is 4.79 Å². The van der Waals surface area contributed by atoms with Crippen LogP contribution in [0.25, 0.3) is 0 Å². The van der Waals surface area contributed by atoms with Gasteiger partial charge in [0.05, 0.1) is 12.1 Å². The standard InChI is InChI=1S/C14H20N2O3S/c1-14(2,3)19-13(17)16-10-5-6-11(18-4)9(7-10)8-12(15)20/h5-7H,8H2,1-4H3,(H2,15,20)(H,16,17). The predicted molar refractivity (Wildman–Crippen MR) is 83.3 cm³/mol. The molecule has 0 atom stereocenters. The predicted octanol–water partition coefficient (Wildman–Crippen LogP) is 2.87. The number of nitrogens with two attached hydrogens (primary N) is 1. The van der Waals surface area contributed by atoms with Crippen molar-refractivity contribution < 1.29 is 14.3 Å². The number of ether oxygens (including phenoxy) is 2. The van der Waals surface area contributed by atoms with Crippen LogP contribution in [-0.4, -0.2) is 23.8 Å². The van der Waals surface area contributed by atoms with Gasteiger partial charge in [0.1, 0.15) is 11.4 Å². The number of hydrogen-bond acceptors (Lipinski definition) is 4. The monoisotopic (exact) mass is 296 g/mol. The number of rotatable bonds is 4. The second-order valence-corrected chi connectivity index (χ2v) is 5.82. The molecule has 0 bridgehead atoms. The van der Waals surface area contributed by atoms with Gasteiger partial charge in [-0.3, -0.25) is 5.32 Å². The van der Waals surface area contributed by atoms with Crippen LogP contribution in [-0.2, 0) is 11.2 Å². The summed E-state index contributed by atoms with van der Waals surface area (Å²) in [5, 5.41) is 2.66. The molecule has 20 heavy (non-hydrogen) atoms. The third-order valence-electron chi connectivity index (χ3n) is 2.29. The van der Waals surface area contributed by atoms with E-state index in [0.717, 1.165) is 5.56 Å². The summed E-state index contributed by atoms with van der Waals surface area (Å²) >= 11 is 4.90. The van der Waals surface area contributed by atoms with E-state index in [1.54, 1.807) is 46.1 Å². The molecule has 110 valence electrons. The summed E-state index contributed by atoms with van der Waals surface area (Å²) in [4.78, 5) is 12.1. The minimum Gasteiger partial charge on any atom is -0.496 e. The molecule has 3 N–H and O–H groups in total. The fraction of sp³-hybridized carbons (Fsp3) is 0.429. The first kappa shape index (κ1) is 16.2. The topological polar surface area (TPSA) is 73.6 Å². The van der Waals surface area contributed by atoms with Gasteiger partial charge in [-0.05, 0) is 39.0 Å². The molecule has 5 nitrogen and oxygen atoms in total. The summed E-state index contributed by atoms with van der Waals surface area (Å²) in [5.74, 6) is 0.674. The maximum absolute atomic E-state index is 11.7. The first-order valence-corrected chi connectivity index (χ1v) is 6.57. The molecule has 0 fully saturated rings. The van der Waals surface area contributed by atoms with E-state index in [0.29, 0.717) is 22.8 Å². The Morgan fingerprint density at radius 1 is 1.40 bits per heavy atom. The molecular formula is C14H20N2O3S. The molecule has 1 aromatic carbocycles. The third-order valence-corrected chi connectivity index (χ3v) is 2.43. The smallest absolute Gasteiger partial charge is 0.412 e. The van der Waals surface area contributed by atoms with Gasteiger partial charge < -0.3 is 15.2 Å². The van der Waals surface area contributed by atoms with Crippen LogP contribution >= 0.6 is 12.2 Å². The van der Waals surface area contributed by atoms with Crippen molar-refractivity contribution in [2.75, 3.05) is 12.4 Å². The highest BCUT2D eigenvalue weighted by Crippen LogP contribution is 2.23. The molecule has 0 saturated carbocycles. The second kappa shape index (κ2) is 6.56. The summed E-state index contributed by atoms with van der Waals surface area (Å²) < 4.78 is 10.4. The number of methoxy groups -OCH3 is 1. The zero-order chi connectivity index (χ0) is 15.3. The van der Waals surface area contributed by atoms with Crippen molar-refractivity contribution in [3.05, 3.63) is 23.8 Å². The Hall–Kier alpha value is -1.82. The van der Waals surface area contributed by atoms with Gasteiger partial charge >= 0.3 is 6.09 Å². The summed E-state index contributed by atoms with van der Waals surface area (Å²) in [6.07, 6.45) is -0.105. The van der Waals surface area contributed by atoms with Crippen molar-refractivity contribution in [2.45, 2.75) is 32.8 Å². The van der Waals surface area contributed by atoms with Gasteiger partial charge in [0.25, 0.3) is 0 Å². The summed E-state index contributed by atoms with van der Waals surface area (Å²) in [7, 11) is 1.57. The summed E-state index contributed by atoms with van der Waals surface area (Å²) in [6, 6.07) is 5.24. The normalized spacial score (nSPS) is 10.8. The van der Waals surface area contributed by atoms with E-state index in [1.165, 1.54) is 0 Å². The maximum atomic E-state index is 11.7.